The number of aliphatic hydroxyl groups is 1. The second-order valence-corrected chi connectivity index (χ2v) is 9.77. The third-order valence-corrected chi connectivity index (χ3v) is 6.62. The summed E-state index contributed by atoms with van der Waals surface area (Å²) in [6, 6.07) is 11.8. The largest absolute Gasteiger partial charge is 0.433 e. The van der Waals surface area contributed by atoms with E-state index in [2.05, 4.69) is 20.6 Å². The van der Waals surface area contributed by atoms with Crippen molar-refractivity contribution in [3.63, 3.8) is 0 Å². The first-order valence-corrected chi connectivity index (χ1v) is 11.9. The van der Waals surface area contributed by atoms with Gasteiger partial charge in [0, 0.05) is 35.8 Å². The fraction of sp³-hybridized carbons (Fsp3) is 0.333. The van der Waals surface area contributed by atoms with Gasteiger partial charge in [-0.05, 0) is 74.9 Å². The standard InChI is InChI=1S/C27H28F3N5O2/c1-26(2,37)18-10-16(11-18)15-33-22-13-19(20-6-3-4-9-32-20)23(12-17(22)14-31)35-25(36)21-7-5-8-24(34-21)27(28,29)30/h3-9,12-14,16,18,31,33,37H,10-11,15H2,1-2H3,(H,35,36). The number of hydrogen-bond donors (Lipinski definition) is 4. The summed E-state index contributed by atoms with van der Waals surface area (Å²) in [5, 5.41) is 24.1. The van der Waals surface area contributed by atoms with E-state index in [-0.39, 0.29) is 17.3 Å². The monoisotopic (exact) mass is 511 g/mol. The smallest absolute Gasteiger partial charge is 0.390 e. The van der Waals surface area contributed by atoms with Gasteiger partial charge in [0.05, 0.1) is 17.0 Å². The minimum atomic E-state index is -4.68. The minimum Gasteiger partial charge on any atom is -0.390 e. The Hall–Kier alpha value is -3.79. The van der Waals surface area contributed by atoms with Gasteiger partial charge in [-0.3, -0.25) is 9.78 Å². The summed E-state index contributed by atoms with van der Waals surface area (Å²) in [6.07, 6.45) is -0.159. The van der Waals surface area contributed by atoms with Crippen LogP contribution in [0, 0.1) is 17.2 Å². The van der Waals surface area contributed by atoms with Crippen molar-refractivity contribution < 1.29 is 23.1 Å². The Kier molecular flexibility index (Phi) is 7.31. The second kappa shape index (κ2) is 10.3. The van der Waals surface area contributed by atoms with Gasteiger partial charge >= 0.3 is 6.18 Å². The number of aromatic nitrogens is 2. The van der Waals surface area contributed by atoms with Crippen LogP contribution in [0.3, 0.4) is 0 Å². The fourth-order valence-electron chi connectivity index (χ4n) is 4.37. The highest BCUT2D eigenvalue weighted by atomic mass is 19.4. The zero-order valence-electron chi connectivity index (χ0n) is 20.4. The fourth-order valence-corrected chi connectivity index (χ4v) is 4.37. The average molecular weight is 512 g/mol. The molecule has 0 radical (unpaired) electrons. The number of rotatable bonds is 8. The van der Waals surface area contributed by atoms with Crippen molar-refractivity contribution in [1.29, 1.82) is 5.41 Å². The van der Waals surface area contributed by atoms with Gasteiger partial charge in [-0.1, -0.05) is 12.1 Å². The zero-order chi connectivity index (χ0) is 26.8. The van der Waals surface area contributed by atoms with Crippen LogP contribution >= 0.6 is 0 Å². The lowest BCUT2D eigenvalue weighted by molar-refractivity contribution is -0.141. The number of nitrogens with zero attached hydrogens (tertiary/aromatic N) is 2. The van der Waals surface area contributed by atoms with E-state index in [4.69, 9.17) is 5.41 Å². The molecule has 0 unspecified atom stereocenters. The van der Waals surface area contributed by atoms with E-state index in [1.807, 2.05) is 13.8 Å². The lowest BCUT2D eigenvalue weighted by atomic mass is 9.67. The molecule has 194 valence electrons. The molecule has 0 atom stereocenters. The molecule has 7 nitrogen and oxygen atoms in total. The Labute approximate surface area is 212 Å². The highest BCUT2D eigenvalue weighted by Gasteiger charge is 2.38. The van der Waals surface area contributed by atoms with Crippen molar-refractivity contribution in [2.24, 2.45) is 11.8 Å². The SMILES string of the molecule is CC(C)(O)C1CC(CNc2cc(-c3ccccn3)c(NC(=O)c3cccc(C(F)(F)F)n3)cc2C=N)C1. The van der Waals surface area contributed by atoms with Crippen molar-refractivity contribution in [2.75, 3.05) is 17.2 Å². The molecule has 1 fully saturated rings. The van der Waals surface area contributed by atoms with Crippen LogP contribution in [0.1, 0.15) is 48.4 Å². The van der Waals surface area contributed by atoms with Crippen molar-refractivity contribution in [3.8, 4) is 11.3 Å². The van der Waals surface area contributed by atoms with Crippen LogP contribution < -0.4 is 10.6 Å². The normalized spacial score (nSPS) is 17.6. The molecule has 1 aliphatic carbocycles. The third kappa shape index (κ3) is 6.14. The molecule has 0 saturated heterocycles. The Morgan fingerprint density at radius 2 is 1.89 bits per heavy atom. The molecular weight excluding hydrogens is 483 g/mol. The van der Waals surface area contributed by atoms with Gasteiger partial charge in [-0.2, -0.15) is 13.2 Å². The molecule has 2 heterocycles. The molecule has 37 heavy (non-hydrogen) atoms. The van der Waals surface area contributed by atoms with Crippen LogP contribution in [0.5, 0.6) is 0 Å². The first-order valence-electron chi connectivity index (χ1n) is 11.9. The molecule has 1 saturated carbocycles. The highest BCUT2D eigenvalue weighted by Crippen LogP contribution is 2.41. The summed E-state index contributed by atoms with van der Waals surface area (Å²) in [6.45, 7) is 4.28. The van der Waals surface area contributed by atoms with E-state index in [9.17, 15) is 23.1 Å². The maximum absolute atomic E-state index is 13.1. The van der Waals surface area contributed by atoms with Gasteiger partial charge in [-0.15, -0.1) is 0 Å². The Morgan fingerprint density at radius 3 is 2.51 bits per heavy atom. The van der Waals surface area contributed by atoms with Crippen molar-refractivity contribution >= 4 is 23.5 Å². The minimum absolute atomic E-state index is 0.243. The topological polar surface area (TPSA) is 111 Å². The van der Waals surface area contributed by atoms with Crippen molar-refractivity contribution in [2.45, 2.75) is 38.5 Å². The van der Waals surface area contributed by atoms with Gasteiger partial charge in [0.1, 0.15) is 11.4 Å². The highest BCUT2D eigenvalue weighted by molar-refractivity contribution is 6.06. The first kappa shape index (κ1) is 26.3. The van der Waals surface area contributed by atoms with E-state index in [1.54, 1.807) is 36.5 Å². The summed E-state index contributed by atoms with van der Waals surface area (Å²) in [5.74, 6) is -0.195. The summed E-state index contributed by atoms with van der Waals surface area (Å²) in [4.78, 5) is 20.7. The van der Waals surface area contributed by atoms with Crippen LogP contribution in [0.2, 0.25) is 0 Å². The van der Waals surface area contributed by atoms with Crippen LogP contribution in [-0.4, -0.2) is 39.3 Å². The number of halogens is 3. The van der Waals surface area contributed by atoms with Crippen LogP contribution in [0.25, 0.3) is 11.3 Å². The number of alkyl halides is 3. The van der Waals surface area contributed by atoms with E-state index >= 15 is 0 Å². The third-order valence-electron chi connectivity index (χ3n) is 6.62. The number of carbonyl (C=O) groups excluding carboxylic acids is 1. The lowest BCUT2D eigenvalue weighted by Crippen LogP contribution is -2.42. The van der Waals surface area contributed by atoms with Gasteiger partial charge in [0.15, 0.2) is 0 Å². The van der Waals surface area contributed by atoms with Crippen LogP contribution in [0.4, 0.5) is 24.5 Å². The molecule has 1 amide bonds. The molecule has 0 bridgehead atoms. The predicted molar refractivity (Wildman–Crippen MR) is 136 cm³/mol. The molecular formula is C27H28F3N5O2. The number of nitrogens with one attached hydrogen (secondary N) is 3. The van der Waals surface area contributed by atoms with Gasteiger partial charge in [0.2, 0.25) is 0 Å². The van der Waals surface area contributed by atoms with Gasteiger partial charge < -0.3 is 21.1 Å². The van der Waals surface area contributed by atoms with Crippen molar-refractivity contribution in [3.05, 3.63) is 71.7 Å². The summed E-state index contributed by atoms with van der Waals surface area (Å²) in [7, 11) is 0. The molecule has 1 aromatic carbocycles. The maximum Gasteiger partial charge on any atom is 0.433 e. The molecule has 1 aliphatic rings. The van der Waals surface area contributed by atoms with E-state index in [0.29, 0.717) is 35.0 Å². The molecule has 3 aromatic rings. The number of hydrogen-bond acceptors (Lipinski definition) is 6. The molecule has 4 rings (SSSR count). The maximum atomic E-state index is 13.1. The number of benzene rings is 1. The Balaban J connectivity index is 1.61. The average Bonchev–Trinajstić information content (AvgIpc) is 2.82. The Morgan fingerprint density at radius 1 is 1.14 bits per heavy atom. The van der Waals surface area contributed by atoms with Gasteiger partial charge in [0.25, 0.3) is 5.91 Å². The first-order chi connectivity index (χ1) is 17.5. The number of anilines is 2. The lowest BCUT2D eigenvalue weighted by Gasteiger charge is -2.42. The molecule has 4 N–H and O–H groups in total. The van der Waals surface area contributed by atoms with Crippen LogP contribution in [0.15, 0.2) is 54.7 Å². The Bertz CT molecular complexity index is 1280. The molecule has 0 spiro atoms. The molecule has 0 aliphatic heterocycles. The van der Waals surface area contributed by atoms with E-state index in [0.717, 1.165) is 31.2 Å². The predicted octanol–water partition coefficient (Wildman–Crippen LogP) is 5.62. The number of amides is 1. The van der Waals surface area contributed by atoms with Crippen LogP contribution in [-0.2, 0) is 6.18 Å². The summed E-state index contributed by atoms with van der Waals surface area (Å²) >= 11 is 0. The quantitative estimate of drug-likeness (QED) is 0.293. The second-order valence-electron chi connectivity index (χ2n) is 9.77. The summed E-state index contributed by atoms with van der Waals surface area (Å²) < 4.78 is 39.2. The number of pyridine rings is 2. The van der Waals surface area contributed by atoms with Crippen molar-refractivity contribution in [1.82, 2.24) is 9.97 Å². The van der Waals surface area contributed by atoms with E-state index < -0.39 is 23.4 Å². The van der Waals surface area contributed by atoms with E-state index in [1.165, 1.54) is 6.07 Å². The number of carbonyl (C=O) groups is 1. The summed E-state index contributed by atoms with van der Waals surface area (Å²) in [5.41, 5.74) is 0.272. The molecule has 10 heteroatoms. The zero-order valence-corrected chi connectivity index (χ0v) is 20.4. The van der Waals surface area contributed by atoms with Gasteiger partial charge in [-0.25, -0.2) is 4.98 Å². The molecule has 2 aromatic heterocycles.